The summed E-state index contributed by atoms with van der Waals surface area (Å²) >= 11 is 0. The van der Waals surface area contributed by atoms with Crippen LogP contribution in [0.1, 0.15) is 41.1 Å². The molecule has 0 radical (unpaired) electrons. The molecule has 1 amide bonds. The lowest BCUT2D eigenvalue weighted by molar-refractivity contribution is 0.0675. The van der Waals surface area contributed by atoms with Crippen molar-refractivity contribution in [1.29, 1.82) is 0 Å². The minimum atomic E-state index is -0.305. The Labute approximate surface area is 210 Å². The average Bonchev–Trinajstić information content (AvgIpc) is 3.35. The maximum Gasteiger partial charge on any atom is 0.256 e. The molecule has 1 atom stereocenters. The van der Waals surface area contributed by atoms with Crippen molar-refractivity contribution in [2.45, 2.75) is 32.4 Å². The van der Waals surface area contributed by atoms with Gasteiger partial charge in [-0.15, -0.1) is 0 Å². The number of carbonyl (C=O) groups excluding carboxylic acids is 1. The van der Waals surface area contributed by atoms with E-state index in [0.717, 1.165) is 24.0 Å². The fraction of sp³-hybridized carbons (Fsp3) is 0.286. The highest BCUT2D eigenvalue weighted by molar-refractivity contribution is 5.94. The van der Waals surface area contributed by atoms with Gasteiger partial charge in [0.2, 0.25) is 0 Å². The molecule has 2 bridgehead atoms. The summed E-state index contributed by atoms with van der Waals surface area (Å²) in [5, 5.41) is 4.81. The monoisotopic (exact) mass is 483 g/mol. The topological polar surface area (TPSA) is 82.4 Å². The number of ether oxygens (including phenoxy) is 2. The van der Waals surface area contributed by atoms with Crippen LogP contribution in [0.15, 0.2) is 73.1 Å². The summed E-state index contributed by atoms with van der Waals surface area (Å²) in [5.41, 5.74) is 2.61. The predicted octanol–water partition coefficient (Wildman–Crippen LogP) is 4.58. The summed E-state index contributed by atoms with van der Waals surface area (Å²) in [6.45, 7) is 3.42. The Morgan fingerprint density at radius 1 is 1.08 bits per heavy atom. The van der Waals surface area contributed by atoms with Gasteiger partial charge in [0, 0.05) is 24.5 Å². The van der Waals surface area contributed by atoms with Gasteiger partial charge in [-0.25, -0.2) is 9.67 Å². The van der Waals surface area contributed by atoms with Crippen LogP contribution in [0.4, 0.5) is 0 Å². The number of fused-ring (bicyclic) bond motifs is 3. The van der Waals surface area contributed by atoms with Gasteiger partial charge in [-0.3, -0.25) is 9.78 Å². The summed E-state index contributed by atoms with van der Waals surface area (Å²) in [4.78, 5) is 24.6. The quantitative estimate of drug-likeness (QED) is 0.424. The number of aromatic nitrogens is 4. The number of hydrogen-bond donors (Lipinski definition) is 0. The highest BCUT2D eigenvalue weighted by Crippen LogP contribution is 2.30. The van der Waals surface area contributed by atoms with Gasteiger partial charge in [0.15, 0.2) is 17.3 Å². The second-order valence-electron chi connectivity index (χ2n) is 8.74. The Morgan fingerprint density at radius 2 is 1.94 bits per heavy atom. The van der Waals surface area contributed by atoms with Gasteiger partial charge >= 0.3 is 0 Å². The normalized spacial score (nSPS) is 16.1. The summed E-state index contributed by atoms with van der Waals surface area (Å²) < 4.78 is 13.5. The van der Waals surface area contributed by atoms with Crippen LogP contribution in [-0.2, 0) is 13.0 Å². The van der Waals surface area contributed by atoms with Gasteiger partial charge in [-0.05, 0) is 49.6 Å². The number of hydrogen-bond acceptors (Lipinski definition) is 6. The Kier molecular flexibility index (Phi) is 6.93. The molecule has 0 N–H and O–H groups in total. The molecule has 5 rings (SSSR count). The van der Waals surface area contributed by atoms with E-state index >= 15 is 0 Å². The van der Waals surface area contributed by atoms with Crippen molar-refractivity contribution in [1.82, 2.24) is 24.6 Å². The Morgan fingerprint density at radius 3 is 2.72 bits per heavy atom. The molecule has 2 aromatic heterocycles. The van der Waals surface area contributed by atoms with Crippen LogP contribution in [0.3, 0.4) is 0 Å². The lowest BCUT2D eigenvalue weighted by Crippen LogP contribution is -2.36. The first kappa shape index (κ1) is 23.5. The third-order valence-electron chi connectivity index (χ3n) is 6.40. The molecule has 0 saturated carbocycles. The van der Waals surface area contributed by atoms with E-state index in [0.29, 0.717) is 48.4 Å². The number of amides is 1. The minimum Gasteiger partial charge on any atom is -0.493 e. The van der Waals surface area contributed by atoms with Crippen LogP contribution < -0.4 is 9.47 Å². The number of carbonyl (C=O) groups is 1. The minimum absolute atomic E-state index is 0.0760. The smallest absolute Gasteiger partial charge is 0.256 e. The summed E-state index contributed by atoms with van der Waals surface area (Å²) in [5.74, 6) is 2.66. The van der Waals surface area contributed by atoms with Gasteiger partial charge in [0.05, 0.1) is 25.3 Å². The molecule has 2 aromatic carbocycles. The lowest BCUT2D eigenvalue weighted by Gasteiger charge is -2.29. The molecule has 8 heteroatoms. The van der Waals surface area contributed by atoms with E-state index in [4.69, 9.17) is 19.6 Å². The first-order valence-electron chi connectivity index (χ1n) is 12.1. The molecule has 1 aliphatic heterocycles. The average molecular weight is 484 g/mol. The van der Waals surface area contributed by atoms with Crippen LogP contribution in [0.25, 0.3) is 11.4 Å². The van der Waals surface area contributed by atoms with Crippen molar-refractivity contribution in [2.24, 2.45) is 0 Å². The van der Waals surface area contributed by atoms with Gasteiger partial charge in [-0.1, -0.05) is 36.4 Å². The summed E-state index contributed by atoms with van der Waals surface area (Å²) in [7, 11) is 1.64. The third-order valence-corrected chi connectivity index (χ3v) is 6.40. The number of pyridine rings is 1. The molecule has 3 heterocycles. The molecule has 8 nitrogen and oxygen atoms in total. The van der Waals surface area contributed by atoms with Crippen LogP contribution in [0, 0.1) is 0 Å². The number of aryl methyl sites for hydroxylation is 1. The van der Waals surface area contributed by atoms with Gasteiger partial charge in [0.1, 0.15) is 12.4 Å². The van der Waals surface area contributed by atoms with E-state index < -0.39 is 0 Å². The Hall–Kier alpha value is -4.20. The first-order valence-corrected chi connectivity index (χ1v) is 12.1. The first-order chi connectivity index (χ1) is 17.6. The molecule has 0 saturated heterocycles. The van der Waals surface area contributed by atoms with Crippen molar-refractivity contribution < 1.29 is 14.3 Å². The molecule has 1 aliphatic rings. The largest absolute Gasteiger partial charge is 0.493 e. The standard InChI is InChI=1S/C28H29N5O3/c1-20-27-30-26(22-9-4-3-5-10-22)31-33(27)16-17-36-25-18-21(12-13-24(25)35-2)8-7-15-32(20)28(34)23-11-6-14-29-19-23/h3-6,9-14,18-20H,7-8,15-17H2,1-2H3/t20-/m1/s1. The zero-order valence-electron chi connectivity index (χ0n) is 20.5. The summed E-state index contributed by atoms with van der Waals surface area (Å²) in [6.07, 6.45) is 4.86. The molecule has 184 valence electrons. The molecule has 4 aromatic rings. The van der Waals surface area contributed by atoms with Crippen molar-refractivity contribution in [3.63, 3.8) is 0 Å². The van der Waals surface area contributed by atoms with Crippen molar-refractivity contribution in [3.05, 3.63) is 90.0 Å². The Bertz CT molecular complexity index is 1320. The van der Waals surface area contributed by atoms with Crippen LogP contribution >= 0.6 is 0 Å². The van der Waals surface area contributed by atoms with E-state index in [2.05, 4.69) is 4.98 Å². The van der Waals surface area contributed by atoms with Crippen LogP contribution in [0.2, 0.25) is 0 Å². The van der Waals surface area contributed by atoms with Gasteiger partial charge in [0.25, 0.3) is 5.91 Å². The second-order valence-corrected chi connectivity index (χ2v) is 8.74. The molecule has 0 fully saturated rings. The molecule has 36 heavy (non-hydrogen) atoms. The lowest BCUT2D eigenvalue weighted by atomic mass is 10.1. The van der Waals surface area contributed by atoms with E-state index in [-0.39, 0.29) is 11.9 Å². The van der Waals surface area contributed by atoms with E-state index in [1.54, 1.807) is 31.6 Å². The molecular formula is C28H29N5O3. The molecule has 0 unspecified atom stereocenters. The van der Waals surface area contributed by atoms with Gasteiger partial charge < -0.3 is 14.4 Å². The maximum absolute atomic E-state index is 13.6. The fourth-order valence-electron chi connectivity index (χ4n) is 4.49. The molecule has 0 aliphatic carbocycles. The third kappa shape index (κ3) is 4.93. The Balaban J connectivity index is 1.55. The number of rotatable bonds is 3. The zero-order valence-corrected chi connectivity index (χ0v) is 20.5. The number of benzene rings is 2. The summed E-state index contributed by atoms with van der Waals surface area (Å²) in [6, 6.07) is 19.1. The molecular weight excluding hydrogens is 454 g/mol. The molecule has 0 spiro atoms. The van der Waals surface area contributed by atoms with Crippen molar-refractivity contribution >= 4 is 5.91 Å². The van der Waals surface area contributed by atoms with Crippen molar-refractivity contribution in [2.75, 3.05) is 20.3 Å². The number of methoxy groups -OCH3 is 1. The maximum atomic E-state index is 13.6. The second kappa shape index (κ2) is 10.6. The number of nitrogens with zero attached hydrogens (tertiary/aromatic N) is 5. The van der Waals surface area contributed by atoms with Gasteiger partial charge in [-0.2, -0.15) is 5.10 Å². The predicted molar refractivity (Wildman–Crippen MR) is 136 cm³/mol. The van der Waals surface area contributed by atoms with E-state index in [9.17, 15) is 4.79 Å². The SMILES string of the molecule is COc1ccc2cc1OCCn1nc(-c3ccccc3)nc1[C@@H](C)N(C(=O)c1cccnc1)CCC2. The fourth-order valence-corrected chi connectivity index (χ4v) is 4.49. The van der Waals surface area contributed by atoms with Crippen molar-refractivity contribution in [3.8, 4) is 22.9 Å². The highest BCUT2D eigenvalue weighted by atomic mass is 16.5. The van der Waals surface area contributed by atoms with E-state index in [1.165, 1.54) is 0 Å². The van der Waals surface area contributed by atoms with Crippen LogP contribution in [-0.4, -0.2) is 50.8 Å². The highest BCUT2D eigenvalue weighted by Gasteiger charge is 2.28. The zero-order chi connectivity index (χ0) is 24.9. The van der Waals surface area contributed by atoms with E-state index in [1.807, 2.05) is 65.0 Å². The van der Waals surface area contributed by atoms with Crippen LogP contribution in [0.5, 0.6) is 11.5 Å².